The second-order valence-corrected chi connectivity index (χ2v) is 4.22. The fourth-order valence-electron chi connectivity index (χ4n) is 1.18. The number of carboxylic acids is 1. The Bertz CT molecular complexity index is 258. The van der Waals surface area contributed by atoms with E-state index < -0.39 is 17.9 Å². The van der Waals surface area contributed by atoms with Crippen molar-refractivity contribution in [2.24, 2.45) is 5.92 Å². The Kier molecular flexibility index (Phi) is 7.29. The maximum Gasteiger partial charge on any atom is 0.315 e. The smallest absolute Gasteiger partial charge is 0.315 e. The van der Waals surface area contributed by atoms with Crippen LogP contribution < -0.4 is 10.6 Å². The van der Waals surface area contributed by atoms with Crippen LogP contribution >= 0.6 is 0 Å². The van der Waals surface area contributed by atoms with Crippen LogP contribution in [0.3, 0.4) is 0 Å². The van der Waals surface area contributed by atoms with Crippen molar-refractivity contribution in [1.82, 2.24) is 10.6 Å². The van der Waals surface area contributed by atoms with Gasteiger partial charge in [-0.1, -0.05) is 0 Å². The number of ether oxygens (including phenoxy) is 1. The van der Waals surface area contributed by atoms with Gasteiger partial charge in [0.15, 0.2) is 0 Å². The zero-order valence-electron chi connectivity index (χ0n) is 10.8. The highest BCUT2D eigenvalue weighted by Crippen LogP contribution is 2.02. The van der Waals surface area contributed by atoms with Gasteiger partial charge < -0.3 is 20.5 Å². The van der Waals surface area contributed by atoms with Crippen molar-refractivity contribution in [3.63, 3.8) is 0 Å². The summed E-state index contributed by atoms with van der Waals surface area (Å²) in [5.74, 6) is -1.54. The lowest BCUT2D eigenvalue weighted by molar-refractivity contribution is -0.141. The summed E-state index contributed by atoms with van der Waals surface area (Å²) < 4.78 is 4.90. The topological polar surface area (TPSA) is 87.7 Å². The van der Waals surface area contributed by atoms with Gasteiger partial charge in [-0.15, -0.1) is 0 Å². The zero-order valence-corrected chi connectivity index (χ0v) is 10.8. The van der Waals surface area contributed by atoms with Crippen molar-refractivity contribution in [3.05, 3.63) is 0 Å². The molecule has 0 aliphatic heterocycles. The number of hydrogen-bond donors (Lipinski definition) is 3. The quantitative estimate of drug-likeness (QED) is 0.620. The maximum atomic E-state index is 11.5. The molecule has 3 atom stereocenters. The molecular formula is C11H22N2O4. The number of aliphatic carboxylic acids is 1. The molecular weight excluding hydrogens is 224 g/mol. The van der Waals surface area contributed by atoms with Crippen LogP contribution in [-0.2, 0) is 9.53 Å². The number of amides is 2. The summed E-state index contributed by atoms with van der Waals surface area (Å²) >= 11 is 0. The van der Waals surface area contributed by atoms with Crippen LogP contribution in [0.1, 0.15) is 27.2 Å². The lowest BCUT2D eigenvalue weighted by Gasteiger charge is -2.20. The first-order chi connectivity index (χ1) is 7.88. The molecule has 0 bridgehead atoms. The second kappa shape index (κ2) is 7.89. The van der Waals surface area contributed by atoms with Gasteiger partial charge in [0.25, 0.3) is 0 Å². The van der Waals surface area contributed by atoms with E-state index in [4.69, 9.17) is 9.84 Å². The summed E-state index contributed by atoms with van der Waals surface area (Å²) in [5.41, 5.74) is 0. The van der Waals surface area contributed by atoms with E-state index in [1.165, 1.54) is 0 Å². The van der Waals surface area contributed by atoms with E-state index in [-0.39, 0.29) is 12.1 Å². The number of carbonyl (C=O) groups is 2. The van der Waals surface area contributed by atoms with E-state index in [0.29, 0.717) is 13.0 Å². The van der Waals surface area contributed by atoms with Crippen molar-refractivity contribution in [2.45, 2.75) is 39.3 Å². The Morgan fingerprint density at radius 3 is 2.29 bits per heavy atom. The SMILES string of the molecule is COCCC(C)NC(=O)NC(C)C(C)C(=O)O. The summed E-state index contributed by atoms with van der Waals surface area (Å²) in [6.07, 6.45) is 0.715. The van der Waals surface area contributed by atoms with Gasteiger partial charge in [0.1, 0.15) is 0 Å². The summed E-state index contributed by atoms with van der Waals surface area (Å²) in [6.45, 7) is 5.66. The van der Waals surface area contributed by atoms with Crippen molar-refractivity contribution in [2.75, 3.05) is 13.7 Å². The maximum absolute atomic E-state index is 11.5. The first kappa shape index (κ1) is 15.7. The third-order valence-corrected chi connectivity index (χ3v) is 2.63. The van der Waals surface area contributed by atoms with Gasteiger partial charge in [-0.05, 0) is 27.2 Å². The molecule has 0 aromatic rings. The predicted molar refractivity (Wildman–Crippen MR) is 63.9 cm³/mol. The van der Waals surface area contributed by atoms with Crippen LogP contribution in [0.15, 0.2) is 0 Å². The highest BCUT2D eigenvalue weighted by atomic mass is 16.5. The van der Waals surface area contributed by atoms with E-state index in [1.807, 2.05) is 6.92 Å². The molecule has 100 valence electrons. The van der Waals surface area contributed by atoms with E-state index >= 15 is 0 Å². The Morgan fingerprint density at radius 1 is 1.24 bits per heavy atom. The van der Waals surface area contributed by atoms with Gasteiger partial charge in [0, 0.05) is 25.8 Å². The number of hydrogen-bond acceptors (Lipinski definition) is 3. The number of urea groups is 1. The largest absolute Gasteiger partial charge is 0.481 e. The van der Waals surface area contributed by atoms with Gasteiger partial charge in [-0.25, -0.2) is 4.79 Å². The number of carboxylic acid groups (broad SMARTS) is 1. The average molecular weight is 246 g/mol. The molecule has 0 aromatic heterocycles. The second-order valence-electron chi connectivity index (χ2n) is 4.22. The number of methoxy groups -OCH3 is 1. The molecule has 2 amide bonds. The standard InChI is InChI=1S/C11H22N2O4/c1-7(5-6-17-4)12-11(16)13-9(3)8(2)10(14)15/h7-9H,5-6H2,1-4H3,(H,14,15)(H2,12,13,16). The fraction of sp³-hybridized carbons (Fsp3) is 0.818. The number of rotatable bonds is 7. The molecule has 0 spiro atoms. The molecule has 0 saturated heterocycles. The van der Waals surface area contributed by atoms with Crippen LogP contribution in [0.25, 0.3) is 0 Å². The lowest BCUT2D eigenvalue weighted by atomic mass is 10.0. The molecule has 0 aliphatic carbocycles. The minimum atomic E-state index is -0.926. The normalized spacial score (nSPS) is 15.8. The third-order valence-electron chi connectivity index (χ3n) is 2.63. The third kappa shape index (κ3) is 6.78. The first-order valence-electron chi connectivity index (χ1n) is 5.67. The minimum absolute atomic E-state index is 0.0118. The minimum Gasteiger partial charge on any atom is -0.481 e. The molecule has 0 saturated carbocycles. The average Bonchev–Trinajstić information content (AvgIpc) is 2.24. The van der Waals surface area contributed by atoms with Crippen molar-refractivity contribution in [1.29, 1.82) is 0 Å². The molecule has 0 aliphatic rings. The molecule has 17 heavy (non-hydrogen) atoms. The predicted octanol–water partition coefficient (Wildman–Crippen LogP) is 0.820. The van der Waals surface area contributed by atoms with Crippen molar-refractivity contribution < 1.29 is 19.4 Å². The van der Waals surface area contributed by atoms with Gasteiger partial charge >= 0.3 is 12.0 Å². The molecule has 0 fully saturated rings. The molecule has 3 N–H and O–H groups in total. The van der Waals surface area contributed by atoms with Crippen molar-refractivity contribution in [3.8, 4) is 0 Å². The monoisotopic (exact) mass is 246 g/mol. The van der Waals surface area contributed by atoms with Crippen molar-refractivity contribution >= 4 is 12.0 Å². The van der Waals surface area contributed by atoms with Crippen LogP contribution in [-0.4, -0.2) is 42.9 Å². The molecule has 3 unspecified atom stereocenters. The van der Waals surface area contributed by atoms with Crippen LogP contribution in [0.4, 0.5) is 4.79 Å². The number of nitrogens with one attached hydrogen (secondary N) is 2. The molecule has 0 aromatic carbocycles. The summed E-state index contributed by atoms with van der Waals surface area (Å²) in [4.78, 5) is 22.2. The van der Waals surface area contributed by atoms with Gasteiger partial charge in [-0.3, -0.25) is 4.79 Å². The summed E-state index contributed by atoms with van der Waals surface area (Å²) in [6, 6.07) is -0.779. The molecule has 0 heterocycles. The number of carbonyl (C=O) groups excluding carboxylic acids is 1. The van der Waals surface area contributed by atoms with E-state index in [9.17, 15) is 9.59 Å². The Morgan fingerprint density at radius 2 is 1.82 bits per heavy atom. The highest BCUT2D eigenvalue weighted by molar-refractivity contribution is 5.76. The fourth-order valence-corrected chi connectivity index (χ4v) is 1.18. The molecule has 0 radical (unpaired) electrons. The zero-order chi connectivity index (χ0) is 13.4. The van der Waals surface area contributed by atoms with Gasteiger partial charge in [0.05, 0.1) is 5.92 Å². The molecule has 6 nitrogen and oxygen atoms in total. The van der Waals surface area contributed by atoms with E-state index in [1.54, 1.807) is 21.0 Å². The first-order valence-corrected chi connectivity index (χ1v) is 5.67. The van der Waals surface area contributed by atoms with E-state index in [0.717, 1.165) is 0 Å². The lowest BCUT2D eigenvalue weighted by Crippen LogP contribution is -2.47. The Balaban J connectivity index is 3.96. The Labute approximate surface area is 102 Å². The molecule has 0 rings (SSSR count). The Hall–Kier alpha value is -1.30. The molecule has 6 heteroatoms. The highest BCUT2D eigenvalue weighted by Gasteiger charge is 2.21. The van der Waals surface area contributed by atoms with Crippen LogP contribution in [0.5, 0.6) is 0 Å². The van der Waals surface area contributed by atoms with Gasteiger partial charge in [0.2, 0.25) is 0 Å². The van der Waals surface area contributed by atoms with Crippen LogP contribution in [0.2, 0.25) is 0 Å². The summed E-state index contributed by atoms with van der Waals surface area (Å²) in [7, 11) is 1.60. The van der Waals surface area contributed by atoms with Gasteiger partial charge in [-0.2, -0.15) is 0 Å². The van der Waals surface area contributed by atoms with Crippen LogP contribution in [0, 0.1) is 5.92 Å². The summed E-state index contributed by atoms with van der Waals surface area (Å²) in [5, 5.41) is 14.1. The van der Waals surface area contributed by atoms with E-state index in [2.05, 4.69) is 10.6 Å².